The molecular formula is C18H22N4O3. The van der Waals surface area contributed by atoms with Crippen LogP contribution >= 0.6 is 0 Å². The van der Waals surface area contributed by atoms with Crippen molar-refractivity contribution < 1.29 is 9.53 Å². The molecule has 7 nitrogen and oxygen atoms in total. The molecule has 7 heteroatoms. The zero-order chi connectivity index (χ0) is 17.8. The zero-order valence-electron chi connectivity index (χ0n) is 14.4. The number of fused-ring (bicyclic) bond motifs is 2. The van der Waals surface area contributed by atoms with Gasteiger partial charge in [-0.15, -0.1) is 0 Å². The van der Waals surface area contributed by atoms with Gasteiger partial charge >= 0.3 is 0 Å². The number of amides is 1. The maximum atomic E-state index is 12.4. The third-order valence-electron chi connectivity index (χ3n) is 4.05. The fraction of sp³-hybridized carbons (Fsp3) is 0.389. The van der Waals surface area contributed by atoms with E-state index in [1.165, 1.54) is 0 Å². The standard InChI is InChI=1S/C18H22N4O3/c1-11(2)16(23)19-7-8-20-18-21-14-10-25-15-6-4-3-5-12(15)9-13(14)17(24)22-18/h3-6,11H,7-10H2,1-2H3,(H,19,23)(H2,20,21,22,24). The van der Waals surface area contributed by atoms with Crippen molar-refractivity contribution in [2.45, 2.75) is 26.9 Å². The second-order valence-electron chi connectivity index (χ2n) is 6.29. The Hall–Kier alpha value is -2.83. The summed E-state index contributed by atoms with van der Waals surface area (Å²) in [6.07, 6.45) is 0.499. The van der Waals surface area contributed by atoms with E-state index in [4.69, 9.17) is 4.74 Å². The quantitative estimate of drug-likeness (QED) is 0.715. The first-order valence-corrected chi connectivity index (χ1v) is 8.39. The van der Waals surface area contributed by atoms with Gasteiger partial charge in [0, 0.05) is 31.0 Å². The number of hydrogen-bond donors (Lipinski definition) is 3. The summed E-state index contributed by atoms with van der Waals surface area (Å²) >= 11 is 0. The van der Waals surface area contributed by atoms with Crippen LogP contribution in [0.4, 0.5) is 5.95 Å². The largest absolute Gasteiger partial charge is 0.487 e. The number of carbonyl (C=O) groups excluding carboxylic acids is 1. The van der Waals surface area contributed by atoms with Gasteiger partial charge in [0.2, 0.25) is 11.9 Å². The van der Waals surface area contributed by atoms with Gasteiger partial charge in [-0.2, -0.15) is 0 Å². The fourth-order valence-electron chi connectivity index (χ4n) is 2.63. The minimum atomic E-state index is -0.168. The van der Waals surface area contributed by atoms with Gasteiger partial charge in [0.15, 0.2) is 0 Å². The fourth-order valence-corrected chi connectivity index (χ4v) is 2.63. The van der Waals surface area contributed by atoms with Crippen molar-refractivity contribution in [2.75, 3.05) is 18.4 Å². The molecule has 0 unspecified atom stereocenters. The summed E-state index contributed by atoms with van der Waals surface area (Å²) in [5, 5.41) is 5.84. The number of nitrogens with one attached hydrogen (secondary N) is 3. The highest BCUT2D eigenvalue weighted by Crippen LogP contribution is 2.25. The number of H-pyrrole nitrogens is 1. The van der Waals surface area contributed by atoms with Crippen molar-refractivity contribution in [3.63, 3.8) is 0 Å². The second kappa shape index (κ2) is 7.38. The molecule has 1 aromatic heterocycles. The Morgan fingerprint density at radius 1 is 1.32 bits per heavy atom. The summed E-state index contributed by atoms with van der Waals surface area (Å²) in [6, 6.07) is 7.68. The average Bonchev–Trinajstić information content (AvgIpc) is 2.78. The lowest BCUT2D eigenvalue weighted by molar-refractivity contribution is -0.123. The van der Waals surface area contributed by atoms with Gasteiger partial charge in [-0.1, -0.05) is 32.0 Å². The van der Waals surface area contributed by atoms with Crippen LogP contribution in [0.2, 0.25) is 0 Å². The molecule has 0 radical (unpaired) electrons. The van der Waals surface area contributed by atoms with Crippen LogP contribution in [0.3, 0.4) is 0 Å². The lowest BCUT2D eigenvalue weighted by Crippen LogP contribution is -2.32. The highest BCUT2D eigenvalue weighted by Gasteiger charge is 2.18. The van der Waals surface area contributed by atoms with E-state index in [9.17, 15) is 9.59 Å². The van der Waals surface area contributed by atoms with Gasteiger partial charge in [0.25, 0.3) is 5.56 Å². The predicted molar refractivity (Wildman–Crippen MR) is 94.8 cm³/mol. The maximum Gasteiger partial charge on any atom is 0.256 e. The number of nitrogens with zero attached hydrogens (tertiary/aromatic N) is 1. The number of benzene rings is 1. The van der Waals surface area contributed by atoms with Crippen LogP contribution in [0.1, 0.15) is 30.7 Å². The number of para-hydroxylation sites is 1. The molecule has 1 aromatic carbocycles. The van der Waals surface area contributed by atoms with Crippen molar-refractivity contribution in [3.05, 3.63) is 51.4 Å². The molecule has 2 heterocycles. The van der Waals surface area contributed by atoms with Gasteiger partial charge in [-0.25, -0.2) is 4.98 Å². The monoisotopic (exact) mass is 342 g/mol. The third kappa shape index (κ3) is 3.99. The van der Waals surface area contributed by atoms with Crippen molar-refractivity contribution in [1.29, 1.82) is 0 Å². The van der Waals surface area contributed by atoms with Gasteiger partial charge < -0.3 is 15.4 Å². The second-order valence-corrected chi connectivity index (χ2v) is 6.29. The van der Waals surface area contributed by atoms with E-state index >= 15 is 0 Å². The zero-order valence-corrected chi connectivity index (χ0v) is 14.4. The number of hydrogen-bond acceptors (Lipinski definition) is 5. The van der Waals surface area contributed by atoms with Crippen LogP contribution in [-0.2, 0) is 17.8 Å². The van der Waals surface area contributed by atoms with E-state index in [1.807, 2.05) is 38.1 Å². The molecule has 25 heavy (non-hydrogen) atoms. The molecule has 3 N–H and O–H groups in total. The van der Waals surface area contributed by atoms with E-state index in [0.717, 1.165) is 11.3 Å². The number of rotatable bonds is 5. The Bertz CT molecular complexity index is 829. The molecule has 0 saturated carbocycles. The first kappa shape index (κ1) is 17.0. The van der Waals surface area contributed by atoms with E-state index in [0.29, 0.717) is 36.7 Å². The normalized spacial score (nSPS) is 12.6. The summed E-state index contributed by atoms with van der Waals surface area (Å²) < 4.78 is 5.77. The SMILES string of the molecule is CC(C)C(=O)NCCNc1nc2c(c(=O)[nH]1)Cc1ccccc1OC2. The van der Waals surface area contributed by atoms with Gasteiger partial charge in [0.1, 0.15) is 12.4 Å². The summed E-state index contributed by atoms with van der Waals surface area (Å²) in [7, 11) is 0. The molecule has 1 aliphatic heterocycles. The molecule has 132 valence electrons. The Balaban J connectivity index is 1.68. The molecule has 0 fully saturated rings. The molecule has 0 atom stereocenters. The van der Waals surface area contributed by atoms with Gasteiger partial charge in [0.05, 0.1) is 5.69 Å². The van der Waals surface area contributed by atoms with Crippen LogP contribution in [0, 0.1) is 5.92 Å². The molecule has 0 spiro atoms. The Morgan fingerprint density at radius 2 is 2.12 bits per heavy atom. The molecule has 0 bridgehead atoms. The lowest BCUT2D eigenvalue weighted by atomic mass is 10.1. The van der Waals surface area contributed by atoms with Crippen molar-refractivity contribution >= 4 is 11.9 Å². The van der Waals surface area contributed by atoms with Gasteiger partial charge in [-0.3, -0.25) is 14.6 Å². The molecular weight excluding hydrogens is 320 g/mol. The molecule has 0 saturated heterocycles. The molecule has 1 amide bonds. The first-order valence-electron chi connectivity index (χ1n) is 8.39. The van der Waals surface area contributed by atoms with Crippen molar-refractivity contribution in [2.24, 2.45) is 5.92 Å². The Labute approximate surface area is 145 Å². The Morgan fingerprint density at radius 3 is 2.92 bits per heavy atom. The highest BCUT2D eigenvalue weighted by molar-refractivity contribution is 5.77. The van der Waals surface area contributed by atoms with Crippen LogP contribution in [-0.4, -0.2) is 29.0 Å². The molecule has 1 aliphatic rings. The highest BCUT2D eigenvalue weighted by atomic mass is 16.5. The number of ether oxygens (including phenoxy) is 1. The summed E-state index contributed by atoms with van der Waals surface area (Å²) in [4.78, 5) is 31.2. The lowest BCUT2D eigenvalue weighted by Gasteiger charge is -2.10. The van der Waals surface area contributed by atoms with Crippen molar-refractivity contribution in [3.8, 4) is 5.75 Å². The smallest absolute Gasteiger partial charge is 0.256 e. The summed E-state index contributed by atoms with van der Waals surface area (Å²) in [5.41, 5.74) is 2.07. The van der Waals surface area contributed by atoms with E-state index in [1.54, 1.807) is 0 Å². The van der Waals surface area contributed by atoms with Gasteiger partial charge in [-0.05, 0) is 11.6 Å². The minimum Gasteiger partial charge on any atom is -0.487 e. The van der Waals surface area contributed by atoms with Crippen LogP contribution in [0.5, 0.6) is 5.75 Å². The number of aromatic amines is 1. The van der Waals surface area contributed by atoms with Crippen molar-refractivity contribution in [1.82, 2.24) is 15.3 Å². The van der Waals surface area contributed by atoms with E-state index in [-0.39, 0.29) is 24.0 Å². The van der Waals surface area contributed by atoms with Crippen LogP contribution in [0.15, 0.2) is 29.1 Å². The van der Waals surface area contributed by atoms with E-state index < -0.39 is 0 Å². The summed E-state index contributed by atoms with van der Waals surface area (Å²) in [5.74, 6) is 1.11. The Kier molecular flexibility index (Phi) is 5.02. The topological polar surface area (TPSA) is 96.1 Å². The minimum absolute atomic E-state index is 0.00338. The first-order chi connectivity index (χ1) is 12.0. The number of anilines is 1. The van der Waals surface area contributed by atoms with E-state index in [2.05, 4.69) is 20.6 Å². The van der Waals surface area contributed by atoms with Crippen LogP contribution in [0.25, 0.3) is 0 Å². The molecule has 2 aromatic rings. The average molecular weight is 342 g/mol. The summed E-state index contributed by atoms with van der Waals surface area (Å²) in [6.45, 7) is 4.87. The number of carbonyl (C=O) groups is 1. The number of aromatic nitrogens is 2. The maximum absolute atomic E-state index is 12.4. The van der Waals surface area contributed by atoms with Crippen LogP contribution < -0.4 is 20.9 Å². The molecule has 0 aliphatic carbocycles. The third-order valence-corrected chi connectivity index (χ3v) is 4.05. The molecule has 3 rings (SSSR count). The predicted octanol–water partition coefficient (Wildman–Crippen LogP) is 1.44.